The molecule has 0 aliphatic rings. The predicted octanol–water partition coefficient (Wildman–Crippen LogP) is 4.17. The molecule has 10 heteroatoms. The molecule has 3 N–H and O–H groups in total. The molecule has 4 heterocycles. The van der Waals surface area contributed by atoms with Crippen LogP contribution in [0.25, 0.3) is 33.1 Å². The van der Waals surface area contributed by atoms with E-state index in [9.17, 15) is 4.39 Å². The highest BCUT2D eigenvalue weighted by Crippen LogP contribution is 2.34. The summed E-state index contributed by atoms with van der Waals surface area (Å²) < 4.78 is 14.9. The number of fused-ring (bicyclic) bond motifs is 1. The van der Waals surface area contributed by atoms with Crippen LogP contribution in [-0.4, -0.2) is 24.9 Å². The van der Waals surface area contributed by atoms with Gasteiger partial charge < -0.3 is 10.7 Å². The van der Waals surface area contributed by atoms with Gasteiger partial charge in [0.05, 0.1) is 21.0 Å². The van der Waals surface area contributed by atoms with Gasteiger partial charge in [-0.15, -0.1) is 11.3 Å². The van der Waals surface area contributed by atoms with Crippen molar-refractivity contribution < 1.29 is 4.39 Å². The highest BCUT2D eigenvalue weighted by Gasteiger charge is 2.19. The van der Waals surface area contributed by atoms with Crippen LogP contribution in [0.5, 0.6) is 0 Å². The number of rotatable bonds is 2. The number of nitrogens with zero attached hydrogens (tertiary/aromatic N) is 4. The topological polar surface area (TPSA) is 93.4 Å². The van der Waals surface area contributed by atoms with Crippen LogP contribution in [0, 0.1) is 5.82 Å². The Kier molecular flexibility index (Phi) is 3.60. The second kappa shape index (κ2) is 5.66. The molecule has 0 saturated carbocycles. The van der Waals surface area contributed by atoms with E-state index >= 15 is 0 Å². The van der Waals surface area contributed by atoms with Gasteiger partial charge in [-0.25, -0.2) is 24.3 Å². The van der Waals surface area contributed by atoms with Gasteiger partial charge in [0, 0.05) is 6.20 Å². The summed E-state index contributed by atoms with van der Waals surface area (Å²) in [7, 11) is 0. The van der Waals surface area contributed by atoms with Crippen LogP contribution in [-0.2, 0) is 0 Å². The minimum absolute atomic E-state index is 0.0886. The number of anilines is 1. The first-order valence-electron chi connectivity index (χ1n) is 6.61. The van der Waals surface area contributed by atoms with Crippen molar-refractivity contribution in [2.24, 2.45) is 0 Å². The first-order valence-corrected chi connectivity index (χ1v) is 8.19. The molecule has 0 radical (unpaired) electrons. The molecule has 0 bridgehead atoms. The maximum absolute atomic E-state index is 14.3. The van der Waals surface area contributed by atoms with Gasteiger partial charge in [0.25, 0.3) is 0 Å². The lowest BCUT2D eigenvalue weighted by Crippen LogP contribution is -2.02. The monoisotopic (exact) mass is 380 g/mol. The Morgan fingerprint density at radius 2 is 2.00 bits per heavy atom. The van der Waals surface area contributed by atoms with E-state index in [0.29, 0.717) is 25.9 Å². The maximum Gasteiger partial charge on any atom is 0.192 e. The van der Waals surface area contributed by atoms with Gasteiger partial charge >= 0.3 is 0 Å². The molecule has 120 valence electrons. The van der Waals surface area contributed by atoms with E-state index < -0.39 is 5.82 Å². The lowest BCUT2D eigenvalue weighted by atomic mass is 10.2. The highest BCUT2D eigenvalue weighted by atomic mass is 35.5. The van der Waals surface area contributed by atoms with Gasteiger partial charge in [0.15, 0.2) is 23.1 Å². The summed E-state index contributed by atoms with van der Waals surface area (Å²) in [5.74, 6) is -0.710. The van der Waals surface area contributed by atoms with Gasteiger partial charge in [0.1, 0.15) is 16.4 Å². The van der Waals surface area contributed by atoms with E-state index in [1.165, 1.54) is 17.5 Å². The highest BCUT2D eigenvalue weighted by molar-refractivity contribution is 7.19. The molecular weight excluding hydrogens is 374 g/mol. The number of hydrogen-bond donors (Lipinski definition) is 2. The van der Waals surface area contributed by atoms with Crippen molar-refractivity contribution in [2.75, 3.05) is 5.73 Å². The third kappa shape index (κ3) is 2.48. The summed E-state index contributed by atoms with van der Waals surface area (Å²) in [5.41, 5.74) is 7.34. The molecule has 0 aliphatic heterocycles. The van der Waals surface area contributed by atoms with Gasteiger partial charge in [-0.1, -0.05) is 23.2 Å². The van der Waals surface area contributed by atoms with Crippen LogP contribution in [0.15, 0.2) is 24.5 Å². The number of aromatic amines is 1. The normalized spacial score (nSPS) is 11.3. The Morgan fingerprint density at radius 1 is 1.17 bits per heavy atom. The second-order valence-corrected chi connectivity index (χ2v) is 6.89. The van der Waals surface area contributed by atoms with Crippen LogP contribution in [0.4, 0.5) is 10.2 Å². The zero-order valence-electron chi connectivity index (χ0n) is 11.7. The fourth-order valence-corrected chi connectivity index (χ4v) is 3.39. The summed E-state index contributed by atoms with van der Waals surface area (Å²) >= 11 is 12.9. The minimum Gasteiger partial charge on any atom is -0.381 e. The molecule has 0 saturated heterocycles. The summed E-state index contributed by atoms with van der Waals surface area (Å²) in [5, 5.41) is 0.254. The molecule has 6 nitrogen and oxygen atoms in total. The zero-order valence-corrected chi connectivity index (χ0v) is 14.0. The number of hydrogen-bond acceptors (Lipinski definition) is 6. The van der Waals surface area contributed by atoms with Gasteiger partial charge in [-0.05, 0) is 12.1 Å². The standard InChI is InChI=1S/C14H7Cl2FN6S/c15-7-4-19-10-5(3-20-14(10)21-7)13-22-11(9(17)12(18)23-13)6-1-2-8(16)24-6/h1-4H,(H,20,21)(H2,18,22,23). The number of thiophene rings is 1. The third-order valence-corrected chi connectivity index (χ3v) is 4.70. The maximum atomic E-state index is 14.3. The number of H-pyrrole nitrogens is 1. The SMILES string of the molecule is Nc1nc(-c2c[nH]c3nc(Cl)cnc23)nc(-c2ccc(Cl)s2)c1F. The number of aromatic nitrogens is 5. The fraction of sp³-hybridized carbons (Fsp3) is 0. The summed E-state index contributed by atoms with van der Waals surface area (Å²) in [6.45, 7) is 0. The molecule has 0 spiro atoms. The second-order valence-electron chi connectivity index (χ2n) is 4.79. The summed E-state index contributed by atoms with van der Waals surface area (Å²) in [6.07, 6.45) is 3.03. The minimum atomic E-state index is -0.689. The molecule has 0 aromatic carbocycles. The summed E-state index contributed by atoms with van der Waals surface area (Å²) in [6, 6.07) is 3.34. The Bertz CT molecular complexity index is 1080. The average molecular weight is 381 g/mol. The Balaban J connectivity index is 1.93. The first kappa shape index (κ1) is 15.3. The smallest absolute Gasteiger partial charge is 0.192 e. The molecule has 24 heavy (non-hydrogen) atoms. The number of nitrogens with two attached hydrogens (primary N) is 1. The number of halogens is 3. The van der Waals surface area contributed by atoms with E-state index in [-0.39, 0.29) is 22.5 Å². The lowest BCUT2D eigenvalue weighted by Gasteiger charge is -2.05. The fourth-order valence-electron chi connectivity index (χ4n) is 2.23. The van der Waals surface area contributed by atoms with E-state index in [0.717, 1.165) is 0 Å². The quantitative estimate of drug-likeness (QED) is 0.544. The van der Waals surface area contributed by atoms with Crippen LogP contribution in [0.2, 0.25) is 9.49 Å². The third-order valence-electron chi connectivity index (χ3n) is 3.28. The molecule has 0 aliphatic carbocycles. The largest absolute Gasteiger partial charge is 0.381 e. The number of nitrogens with one attached hydrogen (secondary N) is 1. The van der Waals surface area contributed by atoms with Crippen molar-refractivity contribution in [3.63, 3.8) is 0 Å². The van der Waals surface area contributed by atoms with Crippen LogP contribution in [0.3, 0.4) is 0 Å². The molecule has 0 fully saturated rings. The number of nitrogen functional groups attached to an aromatic ring is 1. The molecular formula is C14H7Cl2FN6S. The van der Waals surface area contributed by atoms with Crippen molar-refractivity contribution in [1.29, 1.82) is 0 Å². The van der Waals surface area contributed by atoms with Crippen molar-refractivity contribution in [3.8, 4) is 22.0 Å². The molecule has 4 rings (SSSR count). The van der Waals surface area contributed by atoms with Gasteiger partial charge in [-0.2, -0.15) is 0 Å². The summed E-state index contributed by atoms with van der Waals surface area (Å²) in [4.78, 5) is 20.1. The van der Waals surface area contributed by atoms with E-state index in [1.807, 2.05) is 0 Å². The molecule has 4 aromatic rings. The molecule has 0 unspecified atom stereocenters. The average Bonchev–Trinajstić information content (AvgIpc) is 3.15. The van der Waals surface area contributed by atoms with E-state index in [2.05, 4.69) is 24.9 Å². The van der Waals surface area contributed by atoms with E-state index in [1.54, 1.807) is 18.3 Å². The van der Waals surface area contributed by atoms with Crippen LogP contribution < -0.4 is 5.73 Å². The molecule has 0 amide bonds. The van der Waals surface area contributed by atoms with Crippen molar-refractivity contribution >= 4 is 51.5 Å². The Labute approximate surface area is 148 Å². The molecule has 0 atom stereocenters. The van der Waals surface area contributed by atoms with Crippen molar-refractivity contribution in [2.45, 2.75) is 0 Å². The van der Waals surface area contributed by atoms with Crippen molar-refractivity contribution in [3.05, 3.63) is 39.8 Å². The van der Waals surface area contributed by atoms with Gasteiger partial charge in [0.2, 0.25) is 0 Å². The Hall–Kier alpha value is -2.29. The lowest BCUT2D eigenvalue weighted by molar-refractivity contribution is 0.625. The van der Waals surface area contributed by atoms with Crippen molar-refractivity contribution in [1.82, 2.24) is 24.9 Å². The van der Waals surface area contributed by atoms with E-state index in [4.69, 9.17) is 28.9 Å². The predicted molar refractivity (Wildman–Crippen MR) is 92.6 cm³/mol. The molecule has 4 aromatic heterocycles. The van der Waals surface area contributed by atoms with Crippen LogP contribution in [0.1, 0.15) is 0 Å². The first-order chi connectivity index (χ1) is 11.5. The Morgan fingerprint density at radius 3 is 2.75 bits per heavy atom. The zero-order chi connectivity index (χ0) is 16.8. The van der Waals surface area contributed by atoms with Crippen LogP contribution >= 0.6 is 34.5 Å². The van der Waals surface area contributed by atoms with Gasteiger partial charge in [-0.3, -0.25) is 0 Å².